The smallest absolute Gasteiger partial charge is 0.211 e. The average Bonchev–Trinajstić information content (AvgIpc) is 2.93. The molecule has 0 radical (unpaired) electrons. The summed E-state index contributed by atoms with van der Waals surface area (Å²) in [5.41, 5.74) is 7.70. The fraction of sp³-hybridized carbons (Fsp3) is 0. The minimum atomic E-state index is 0.596. The van der Waals surface area contributed by atoms with Crippen molar-refractivity contribution in [3.8, 4) is 0 Å². The molecule has 172 valence electrons. The number of aliphatic imine (C=N–C) groups is 2. The average molecular weight is 467 g/mol. The molecule has 4 nitrogen and oxygen atoms in total. The summed E-state index contributed by atoms with van der Waals surface area (Å²) in [6.45, 7) is 0. The fourth-order valence-electron chi connectivity index (χ4n) is 3.44. The van der Waals surface area contributed by atoms with E-state index in [1.54, 1.807) is 36.4 Å². The molecule has 0 saturated heterocycles. The van der Waals surface area contributed by atoms with Crippen molar-refractivity contribution >= 4 is 60.0 Å². The van der Waals surface area contributed by atoms with Gasteiger partial charge >= 0.3 is 0 Å². The molecule has 4 heteroatoms. The van der Waals surface area contributed by atoms with Crippen molar-refractivity contribution < 1.29 is 9.59 Å². The number of benzene rings is 4. The van der Waals surface area contributed by atoms with E-state index in [9.17, 15) is 9.59 Å². The van der Waals surface area contributed by atoms with E-state index in [4.69, 9.17) is 0 Å². The Morgan fingerprint density at radius 1 is 0.361 bits per heavy atom. The topological polar surface area (TPSA) is 58.9 Å². The Labute approximate surface area is 210 Å². The molecule has 0 heterocycles. The first-order valence-electron chi connectivity index (χ1n) is 11.3. The summed E-state index contributed by atoms with van der Waals surface area (Å²) in [4.78, 5) is 27.8. The molecule has 0 N–H and O–H groups in total. The van der Waals surface area contributed by atoms with E-state index in [2.05, 4.69) is 70.7 Å². The van der Waals surface area contributed by atoms with Crippen LogP contribution in [0.25, 0.3) is 36.5 Å². The number of hydrogen-bond donors (Lipinski definition) is 0. The number of hydrogen-bond acceptors (Lipinski definition) is 4. The lowest BCUT2D eigenvalue weighted by molar-refractivity contribution is 0.564. The van der Waals surface area contributed by atoms with Gasteiger partial charge in [0, 0.05) is 0 Å². The molecule has 4 rings (SSSR count). The molecule has 0 aliphatic rings. The van der Waals surface area contributed by atoms with Crippen molar-refractivity contribution in [2.75, 3.05) is 0 Å². The van der Waals surface area contributed by atoms with Crippen molar-refractivity contribution in [2.45, 2.75) is 0 Å². The molecule has 4 aromatic rings. The molecule has 0 amide bonds. The second-order valence-electron chi connectivity index (χ2n) is 7.92. The molecule has 0 saturated carbocycles. The van der Waals surface area contributed by atoms with Gasteiger partial charge in [-0.2, -0.15) is 9.98 Å². The lowest BCUT2D eigenvalue weighted by Gasteiger charge is -1.99. The fourth-order valence-corrected chi connectivity index (χ4v) is 3.44. The van der Waals surface area contributed by atoms with Crippen LogP contribution in [0.5, 0.6) is 0 Å². The van der Waals surface area contributed by atoms with Crippen LogP contribution in [0.2, 0.25) is 0 Å². The number of nitrogens with zero attached hydrogens (tertiary/aromatic N) is 2. The van der Waals surface area contributed by atoms with E-state index in [1.165, 1.54) is 0 Å². The zero-order chi connectivity index (χ0) is 25.0. The third-order valence-electron chi connectivity index (χ3n) is 5.41. The maximum absolute atomic E-state index is 10.3. The highest BCUT2D eigenvalue weighted by Crippen LogP contribution is 2.17. The Hall–Kier alpha value is -5.14. The van der Waals surface area contributed by atoms with Gasteiger partial charge in [-0.25, -0.2) is 9.59 Å². The van der Waals surface area contributed by atoms with E-state index in [-0.39, 0.29) is 0 Å². The van der Waals surface area contributed by atoms with Gasteiger partial charge in [-0.3, -0.25) is 0 Å². The molecule has 4 aromatic carbocycles. The van der Waals surface area contributed by atoms with Crippen molar-refractivity contribution in [1.82, 2.24) is 0 Å². The molecule has 0 aliphatic carbocycles. The summed E-state index contributed by atoms with van der Waals surface area (Å²) in [5.74, 6) is 0. The molecule has 0 aliphatic heterocycles. The largest absolute Gasteiger partial charge is 0.240 e. The Bertz CT molecular complexity index is 1360. The maximum Gasteiger partial charge on any atom is 0.240 e. The Morgan fingerprint density at radius 2 is 0.556 bits per heavy atom. The van der Waals surface area contributed by atoms with Crippen LogP contribution in [-0.2, 0) is 9.59 Å². The highest BCUT2D eigenvalue weighted by molar-refractivity contribution is 5.75. The van der Waals surface area contributed by atoms with Crippen LogP contribution >= 0.6 is 0 Å². The van der Waals surface area contributed by atoms with Gasteiger partial charge in [0.1, 0.15) is 0 Å². The van der Waals surface area contributed by atoms with Gasteiger partial charge in [-0.1, -0.05) is 109 Å². The first-order chi connectivity index (χ1) is 17.7. The monoisotopic (exact) mass is 466 g/mol. The predicted molar refractivity (Wildman–Crippen MR) is 148 cm³/mol. The maximum atomic E-state index is 10.3. The second-order valence-corrected chi connectivity index (χ2v) is 7.92. The van der Waals surface area contributed by atoms with Crippen molar-refractivity contribution in [2.24, 2.45) is 9.98 Å². The van der Waals surface area contributed by atoms with Crippen molar-refractivity contribution in [3.05, 3.63) is 130 Å². The van der Waals surface area contributed by atoms with E-state index in [1.807, 2.05) is 48.6 Å². The molecule has 36 heavy (non-hydrogen) atoms. The zero-order valence-electron chi connectivity index (χ0n) is 19.4. The second kappa shape index (κ2) is 12.4. The molecule has 0 aromatic heterocycles. The highest BCUT2D eigenvalue weighted by atomic mass is 16.1. The van der Waals surface area contributed by atoms with Gasteiger partial charge < -0.3 is 0 Å². The van der Waals surface area contributed by atoms with Crippen LogP contribution in [0, 0.1) is 0 Å². The van der Waals surface area contributed by atoms with Gasteiger partial charge in [0.2, 0.25) is 12.2 Å². The standard InChI is InChI=1S/C32H22N2O2/c35-23-33-31-19-15-29(16-20-31)13-11-27-7-3-25(4-8-27)1-2-26-5-9-28(10-6-26)12-14-30-17-21-32(22-18-30)34-24-36/h1-22H/b2-1+,13-11+,14-12+. The minimum absolute atomic E-state index is 0.596. The van der Waals surface area contributed by atoms with Crippen LogP contribution < -0.4 is 0 Å². The van der Waals surface area contributed by atoms with Gasteiger partial charge in [0.25, 0.3) is 0 Å². The van der Waals surface area contributed by atoms with Crippen LogP contribution in [-0.4, -0.2) is 12.2 Å². The molecular weight excluding hydrogens is 444 g/mol. The van der Waals surface area contributed by atoms with E-state index in [0.717, 1.165) is 33.4 Å². The van der Waals surface area contributed by atoms with Gasteiger partial charge in [0.05, 0.1) is 11.4 Å². The summed E-state index contributed by atoms with van der Waals surface area (Å²) >= 11 is 0. The van der Waals surface area contributed by atoms with E-state index < -0.39 is 0 Å². The first kappa shape index (κ1) is 24.0. The summed E-state index contributed by atoms with van der Waals surface area (Å²) in [6, 6.07) is 31.4. The van der Waals surface area contributed by atoms with Gasteiger partial charge in [-0.05, 0) is 57.6 Å². The SMILES string of the molecule is O=C=Nc1ccc(/C=C/c2ccc(/C=C/c3ccc(/C=C/c4ccc(N=C=O)cc4)cc3)cc2)cc1. The van der Waals surface area contributed by atoms with E-state index >= 15 is 0 Å². The Morgan fingerprint density at radius 3 is 0.750 bits per heavy atom. The third kappa shape index (κ3) is 7.18. The molecule has 0 fully saturated rings. The summed E-state index contributed by atoms with van der Waals surface area (Å²) in [6.07, 6.45) is 15.4. The van der Waals surface area contributed by atoms with E-state index in [0.29, 0.717) is 11.4 Å². The number of rotatable bonds is 8. The predicted octanol–water partition coefficient (Wildman–Crippen LogP) is 8.13. The molecular formula is C32H22N2O2. The highest BCUT2D eigenvalue weighted by Gasteiger charge is 1.94. The Kier molecular flexibility index (Phi) is 8.24. The summed E-state index contributed by atoms with van der Waals surface area (Å²) in [5, 5.41) is 0. The quantitative estimate of drug-likeness (QED) is 0.149. The Balaban J connectivity index is 1.33. The van der Waals surface area contributed by atoms with Crippen LogP contribution in [0.4, 0.5) is 11.4 Å². The third-order valence-corrected chi connectivity index (χ3v) is 5.41. The van der Waals surface area contributed by atoms with Crippen molar-refractivity contribution in [3.63, 3.8) is 0 Å². The van der Waals surface area contributed by atoms with Gasteiger partial charge in [0.15, 0.2) is 0 Å². The van der Waals surface area contributed by atoms with Crippen LogP contribution in [0.1, 0.15) is 33.4 Å². The summed E-state index contributed by atoms with van der Waals surface area (Å²) < 4.78 is 0. The summed E-state index contributed by atoms with van der Waals surface area (Å²) in [7, 11) is 0. The van der Waals surface area contributed by atoms with Crippen LogP contribution in [0.3, 0.4) is 0 Å². The van der Waals surface area contributed by atoms with Gasteiger partial charge in [-0.15, -0.1) is 0 Å². The van der Waals surface area contributed by atoms with Crippen LogP contribution in [0.15, 0.2) is 107 Å². The minimum Gasteiger partial charge on any atom is -0.211 e. The zero-order valence-corrected chi connectivity index (χ0v) is 19.4. The molecule has 0 unspecified atom stereocenters. The lowest BCUT2D eigenvalue weighted by Crippen LogP contribution is -1.77. The van der Waals surface area contributed by atoms with Crippen molar-refractivity contribution in [1.29, 1.82) is 0 Å². The molecule has 0 atom stereocenters. The first-order valence-corrected chi connectivity index (χ1v) is 11.3. The molecule has 0 spiro atoms. The molecule has 0 bridgehead atoms. The number of isocyanates is 2. The lowest BCUT2D eigenvalue weighted by atomic mass is 10.1. The number of carbonyl (C=O) groups excluding carboxylic acids is 2. The normalized spacial score (nSPS) is 11.0.